The summed E-state index contributed by atoms with van der Waals surface area (Å²) in [7, 11) is 0. The molecule has 1 heterocycles. The average molecular weight is 314 g/mol. The molecule has 2 N–H and O–H groups in total. The Morgan fingerprint density at radius 3 is 2.61 bits per heavy atom. The molecule has 0 saturated heterocycles. The van der Waals surface area contributed by atoms with Crippen LogP contribution in [-0.4, -0.2) is 16.6 Å². The van der Waals surface area contributed by atoms with Gasteiger partial charge in [0.15, 0.2) is 11.6 Å². The molecule has 1 unspecified atom stereocenters. The molecule has 23 heavy (non-hydrogen) atoms. The number of anilines is 1. The topological polar surface area (TPSA) is 45.1 Å². The van der Waals surface area contributed by atoms with E-state index in [1.54, 1.807) is 13.0 Å². The van der Waals surface area contributed by atoms with Crippen LogP contribution < -0.4 is 5.32 Å². The highest BCUT2D eigenvalue weighted by atomic mass is 19.2. The fourth-order valence-corrected chi connectivity index (χ4v) is 2.51. The lowest BCUT2D eigenvalue weighted by atomic mass is 10.1. The number of nitrogens with one attached hydrogen (secondary N) is 1. The van der Waals surface area contributed by atoms with Crippen molar-refractivity contribution in [2.75, 3.05) is 11.9 Å². The number of aliphatic hydroxyl groups is 1. The molecule has 0 saturated carbocycles. The van der Waals surface area contributed by atoms with E-state index in [1.165, 1.54) is 6.07 Å². The molecule has 0 spiro atoms. The first-order valence-electron chi connectivity index (χ1n) is 7.28. The zero-order valence-electron chi connectivity index (χ0n) is 12.6. The number of rotatable bonds is 4. The molecule has 0 aliphatic heterocycles. The summed E-state index contributed by atoms with van der Waals surface area (Å²) in [6.45, 7) is 1.96. The fourth-order valence-electron chi connectivity index (χ4n) is 2.51. The molecule has 2 aromatic carbocycles. The molecule has 0 radical (unpaired) electrons. The standard InChI is InChI=1S/C18H16F2N2O/c1-11-9-15(13-7-8-14(19)17(20)18(13)22-11)21-10-16(23)12-5-3-2-4-6-12/h2-9,16,23H,10H2,1H3,(H,21,22). The summed E-state index contributed by atoms with van der Waals surface area (Å²) in [5.41, 5.74) is 1.95. The minimum Gasteiger partial charge on any atom is -0.387 e. The van der Waals surface area contributed by atoms with E-state index in [1.807, 2.05) is 30.3 Å². The van der Waals surface area contributed by atoms with Crippen LogP contribution in [-0.2, 0) is 0 Å². The van der Waals surface area contributed by atoms with Crippen LogP contribution in [0.1, 0.15) is 17.4 Å². The minimum atomic E-state index is -0.960. The van der Waals surface area contributed by atoms with Crippen LogP contribution in [0.2, 0.25) is 0 Å². The van der Waals surface area contributed by atoms with Gasteiger partial charge in [0, 0.05) is 23.3 Å². The van der Waals surface area contributed by atoms with Crippen LogP contribution in [0.15, 0.2) is 48.5 Å². The zero-order chi connectivity index (χ0) is 16.4. The van der Waals surface area contributed by atoms with Gasteiger partial charge in [0.2, 0.25) is 0 Å². The van der Waals surface area contributed by atoms with E-state index >= 15 is 0 Å². The second kappa shape index (κ2) is 6.30. The lowest BCUT2D eigenvalue weighted by Gasteiger charge is -2.15. The lowest BCUT2D eigenvalue weighted by Crippen LogP contribution is -2.12. The molecular formula is C18H16F2N2O. The smallest absolute Gasteiger partial charge is 0.185 e. The van der Waals surface area contributed by atoms with Crippen LogP contribution in [0, 0.1) is 18.6 Å². The van der Waals surface area contributed by atoms with E-state index in [-0.39, 0.29) is 12.1 Å². The van der Waals surface area contributed by atoms with E-state index in [0.717, 1.165) is 11.6 Å². The SMILES string of the molecule is Cc1cc(NCC(O)c2ccccc2)c2ccc(F)c(F)c2n1. The summed E-state index contributed by atoms with van der Waals surface area (Å²) in [4.78, 5) is 4.06. The summed E-state index contributed by atoms with van der Waals surface area (Å²) in [5.74, 6) is -1.89. The van der Waals surface area contributed by atoms with Crippen LogP contribution in [0.5, 0.6) is 0 Å². The van der Waals surface area contributed by atoms with Crippen LogP contribution in [0.4, 0.5) is 14.5 Å². The number of aromatic nitrogens is 1. The molecule has 1 atom stereocenters. The van der Waals surface area contributed by atoms with Crippen molar-refractivity contribution in [3.8, 4) is 0 Å². The molecular weight excluding hydrogens is 298 g/mol. The summed E-state index contributed by atoms with van der Waals surface area (Å²) in [6.07, 6.45) is -0.704. The Bertz CT molecular complexity index is 837. The van der Waals surface area contributed by atoms with Crippen molar-refractivity contribution < 1.29 is 13.9 Å². The Labute approximate surface area is 132 Å². The second-order valence-electron chi connectivity index (χ2n) is 5.38. The van der Waals surface area contributed by atoms with Gasteiger partial charge in [-0.3, -0.25) is 0 Å². The van der Waals surface area contributed by atoms with Gasteiger partial charge >= 0.3 is 0 Å². The number of fused-ring (bicyclic) bond motifs is 1. The average Bonchev–Trinajstić information content (AvgIpc) is 2.57. The van der Waals surface area contributed by atoms with Gasteiger partial charge in [-0.1, -0.05) is 30.3 Å². The van der Waals surface area contributed by atoms with Gasteiger partial charge in [-0.15, -0.1) is 0 Å². The molecule has 0 bridgehead atoms. The Morgan fingerprint density at radius 1 is 1.13 bits per heavy atom. The minimum absolute atomic E-state index is 0.0123. The van der Waals surface area contributed by atoms with E-state index in [9.17, 15) is 13.9 Å². The third-order valence-electron chi connectivity index (χ3n) is 3.67. The van der Waals surface area contributed by atoms with Crippen molar-refractivity contribution in [3.63, 3.8) is 0 Å². The van der Waals surface area contributed by atoms with Gasteiger partial charge < -0.3 is 10.4 Å². The number of hydrogen-bond donors (Lipinski definition) is 2. The van der Waals surface area contributed by atoms with Crippen LogP contribution in [0.25, 0.3) is 10.9 Å². The lowest BCUT2D eigenvalue weighted by molar-refractivity contribution is 0.191. The Kier molecular flexibility index (Phi) is 4.21. The first-order chi connectivity index (χ1) is 11.1. The highest BCUT2D eigenvalue weighted by Crippen LogP contribution is 2.27. The third-order valence-corrected chi connectivity index (χ3v) is 3.67. The molecule has 3 nitrogen and oxygen atoms in total. The van der Waals surface area contributed by atoms with Crippen LogP contribution >= 0.6 is 0 Å². The van der Waals surface area contributed by atoms with Gasteiger partial charge in [-0.05, 0) is 30.7 Å². The highest BCUT2D eigenvalue weighted by molar-refractivity contribution is 5.91. The van der Waals surface area contributed by atoms with Crippen LogP contribution in [0.3, 0.4) is 0 Å². The molecule has 1 aromatic heterocycles. The predicted molar refractivity (Wildman–Crippen MR) is 86.3 cm³/mol. The fraction of sp³-hybridized carbons (Fsp3) is 0.167. The number of aryl methyl sites for hydroxylation is 1. The third kappa shape index (κ3) is 3.14. The summed E-state index contributed by atoms with van der Waals surface area (Å²) in [6, 6.07) is 13.5. The first-order valence-corrected chi connectivity index (χ1v) is 7.28. The first kappa shape index (κ1) is 15.4. The van der Waals surface area contributed by atoms with Crippen molar-refractivity contribution in [2.24, 2.45) is 0 Å². The van der Waals surface area contributed by atoms with Gasteiger partial charge in [0.1, 0.15) is 5.52 Å². The number of pyridine rings is 1. The largest absolute Gasteiger partial charge is 0.387 e. The van der Waals surface area contributed by atoms with E-state index in [2.05, 4.69) is 10.3 Å². The van der Waals surface area contributed by atoms with Gasteiger partial charge in [0.05, 0.1) is 6.10 Å². The maximum atomic E-state index is 13.9. The van der Waals surface area contributed by atoms with E-state index in [4.69, 9.17) is 0 Å². The van der Waals surface area contributed by atoms with Crippen molar-refractivity contribution in [1.29, 1.82) is 0 Å². The molecule has 0 aliphatic carbocycles. The molecule has 5 heteroatoms. The monoisotopic (exact) mass is 314 g/mol. The van der Waals surface area contributed by atoms with E-state index < -0.39 is 17.7 Å². The molecule has 0 amide bonds. The van der Waals surface area contributed by atoms with Crippen molar-refractivity contribution in [1.82, 2.24) is 4.98 Å². The Hall–Kier alpha value is -2.53. The summed E-state index contributed by atoms with van der Waals surface area (Å²) >= 11 is 0. The zero-order valence-corrected chi connectivity index (χ0v) is 12.6. The number of aliphatic hydroxyl groups excluding tert-OH is 1. The number of hydrogen-bond acceptors (Lipinski definition) is 3. The molecule has 118 valence electrons. The van der Waals surface area contributed by atoms with Crippen molar-refractivity contribution in [2.45, 2.75) is 13.0 Å². The normalized spacial score (nSPS) is 12.3. The Balaban J connectivity index is 1.90. The highest BCUT2D eigenvalue weighted by Gasteiger charge is 2.13. The van der Waals surface area contributed by atoms with Crippen molar-refractivity contribution >= 4 is 16.6 Å². The maximum Gasteiger partial charge on any atom is 0.185 e. The summed E-state index contributed by atoms with van der Waals surface area (Å²) in [5, 5.41) is 13.8. The number of benzene rings is 2. The van der Waals surface area contributed by atoms with Crippen molar-refractivity contribution in [3.05, 3.63) is 71.4 Å². The Morgan fingerprint density at radius 2 is 1.87 bits per heavy atom. The molecule has 0 aliphatic rings. The molecule has 3 aromatic rings. The number of nitrogens with zero attached hydrogens (tertiary/aromatic N) is 1. The van der Waals surface area contributed by atoms with Gasteiger partial charge in [-0.25, -0.2) is 13.8 Å². The quantitative estimate of drug-likeness (QED) is 0.766. The van der Waals surface area contributed by atoms with Gasteiger partial charge in [-0.2, -0.15) is 0 Å². The van der Waals surface area contributed by atoms with Gasteiger partial charge in [0.25, 0.3) is 0 Å². The predicted octanol–water partition coefficient (Wildman–Crippen LogP) is 3.97. The second-order valence-corrected chi connectivity index (χ2v) is 5.38. The van der Waals surface area contributed by atoms with E-state index in [0.29, 0.717) is 16.8 Å². The molecule has 3 rings (SSSR count). The summed E-state index contributed by atoms with van der Waals surface area (Å²) < 4.78 is 27.3. The maximum absolute atomic E-state index is 13.9. The molecule has 0 fully saturated rings. The number of halogens is 2.